The summed E-state index contributed by atoms with van der Waals surface area (Å²) in [4.78, 5) is 8.85. The van der Waals surface area contributed by atoms with E-state index in [1.165, 1.54) is 0 Å². The molecule has 0 atom stereocenters. The number of aryl methyl sites for hydroxylation is 2. The van der Waals surface area contributed by atoms with Crippen LogP contribution in [-0.4, -0.2) is 26.9 Å². The minimum atomic E-state index is 0.738. The Labute approximate surface area is 151 Å². The summed E-state index contributed by atoms with van der Waals surface area (Å²) >= 11 is 0. The summed E-state index contributed by atoms with van der Waals surface area (Å²) in [5, 5.41) is 8.81. The molecule has 0 aliphatic rings. The summed E-state index contributed by atoms with van der Waals surface area (Å²) in [6.07, 6.45) is 3.33. The average molecular weight is 345 g/mol. The molecular formula is C20H19N5O. The van der Waals surface area contributed by atoms with E-state index in [0.29, 0.717) is 0 Å². The Balaban J connectivity index is 1.80. The van der Waals surface area contributed by atoms with Crippen LogP contribution in [0.15, 0.2) is 55.0 Å². The Hall–Kier alpha value is -3.41. The highest BCUT2D eigenvalue weighted by molar-refractivity contribution is 5.89. The highest BCUT2D eigenvalue weighted by Crippen LogP contribution is 2.28. The average Bonchev–Trinajstić information content (AvgIpc) is 3.10. The third-order valence-corrected chi connectivity index (χ3v) is 4.39. The Morgan fingerprint density at radius 1 is 1.00 bits per heavy atom. The number of hydrogen-bond acceptors (Lipinski definition) is 5. The number of nitrogens with zero attached hydrogens (tertiary/aromatic N) is 4. The third kappa shape index (κ3) is 2.75. The van der Waals surface area contributed by atoms with Gasteiger partial charge in [0.25, 0.3) is 0 Å². The minimum Gasteiger partial charge on any atom is -0.497 e. The van der Waals surface area contributed by atoms with Crippen LogP contribution in [0.4, 0.5) is 11.5 Å². The normalized spacial score (nSPS) is 10.9. The Morgan fingerprint density at radius 2 is 1.77 bits per heavy atom. The SMILES string of the molecule is COc1cccc(-n2ncc3c(Nc4c(C)cccc4C)ncnc32)c1. The lowest BCUT2D eigenvalue weighted by molar-refractivity contribution is 0.414. The number of benzene rings is 2. The molecule has 6 heteroatoms. The van der Waals surface area contributed by atoms with Crippen molar-refractivity contribution in [2.24, 2.45) is 0 Å². The molecule has 0 fully saturated rings. The van der Waals surface area contributed by atoms with Crippen molar-refractivity contribution in [3.05, 3.63) is 66.1 Å². The second-order valence-corrected chi connectivity index (χ2v) is 6.11. The van der Waals surface area contributed by atoms with E-state index in [0.717, 1.165) is 45.1 Å². The monoisotopic (exact) mass is 345 g/mol. The van der Waals surface area contributed by atoms with E-state index in [4.69, 9.17) is 4.74 Å². The van der Waals surface area contributed by atoms with E-state index in [1.807, 2.05) is 30.3 Å². The van der Waals surface area contributed by atoms with Gasteiger partial charge in [-0.3, -0.25) is 0 Å². The lowest BCUT2D eigenvalue weighted by atomic mass is 10.1. The lowest BCUT2D eigenvalue weighted by Gasteiger charge is -2.12. The Morgan fingerprint density at radius 3 is 2.54 bits per heavy atom. The quantitative estimate of drug-likeness (QED) is 0.601. The maximum absolute atomic E-state index is 5.31. The molecule has 6 nitrogen and oxygen atoms in total. The van der Waals surface area contributed by atoms with Gasteiger partial charge in [-0.1, -0.05) is 24.3 Å². The van der Waals surface area contributed by atoms with Crippen molar-refractivity contribution in [2.45, 2.75) is 13.8 Å². The van der Waals surface area contributed by atoms with Crippen molar-refractivity contribution < 1.29 is 4.74 Å². The van der Waals surface area contributed by atoms with Gasteiger partial charge in [0.1, 0.15) is 17.9 Å². The number of ether oxygens (including phenoxy) is 1. The first kappa shape index (κ1) is 16.1. The van der Waals surface area contributed by atoms with Crippen molar-refractivity contribution in [3.63, 3.8) is 0 Å². The van der Waals surface area contributed by atoms with Gasteiger partial charge in [-0.15, -0.1) is 0 Å². The zero-order chi connectivity index (χ0) is 18.1. The van der Waals surface area contributed by atoms with Crippen molar-refractivity contribution in [3.8, 4) is 11.4 Å². The maximum atomic E-state index is 5.31. The molecule has 2 aromatic heterocycles. The van der Waals surface area contributed by atoms with Crippen LogP contribution in [-0.2, 0) is 0 Å². The lowest BCUT2D eigenvalue weighted by Crippen LogP contribution is -2.01. The fourth-order valence-electron chi connectivity index (χ4n) is 3.00. The van der Waals surface area contributed by atoms with Gasteiger partial charge in [-0.25, -0.2) is 14.6 Å². The molecule has 2 aromatic carbocycles. The first-order chi connectivity index (χ1) is 12.7. The molecule has 0 aliphatic carbocycles. The molecule has 0 radical (unpaired) electrons. The van der Waals surface area contributed by atoms with Crippen LogP contribution in [0, 0.1) is 13.8 Å². The summed E-state index contributed by atoms with van der Waals surface area (Å²) in [7, 11) is 1.65. The van der Waals surface area contributed by atoms with Crippen LogP contribution in [0.5, 0.6) is 5.75 Å². The van der Waals surface area contributed by atoms with Crippen LogP contribution in [0.25, 0.3) is 16.7 Å². The standard InChI is InChI=1S/C20H19N5O/c1-13-6-4-7-14(2)18(13)24-19-17-11-23-25(20(17)22-12-21-19)15-8-5-9-16(10-15)26-3/h4-12H,1-3H3,(H,21,22,24). The number of hydrogen-bond donors (Lipinski definition) is 1. The smallest absolute Gasteiger partial charge is 0.168 e. The number of methoxy groups -OCH3 is 1. The van der Waals surface area contributed by atoms with E-state index in [1.54, 1.807) is 24.3 Å². The van der Waals surface area contributed by atoms with Crippen LogP contribution in [0.2, 0.25) is 0 Å². The number of anilines is 2. The molecule has 26 heavy (non-hydrogen) atoms. The van der Waals surface area contributed by atoms with Gasteiger partial charge in [0.15, 0.2) is 5.65 Å². The number of rotatable bonds is 4. The molecule has 4 aromatic rings. The molecule has 4 rings (SSSR count). The van der Waals surface area contributed by atoms with E-state index < -0.39 is 0 Å². The third-order valence-electron chi connectivity index (χ3n) is 4.39. The summed E-state index contributed by atoms with van der Waals surface area (Å²) in [5.41, 5.74) is 5.01. The summed E-state index contributed by atoms with van der Waals surface area (Å²) < 4.78 is 7.09. The molecule has 1 N–H and O–H groups in total. The largest absolute Gasteiger partial charge is 0.497 e. The van der Waals surface area contributed by atoms with Crippen molar-refractivity contribution in [1.29, 1.82) is 0 Å². The molecule has 0 aliphatic heterocycles. The number of fused-ring (bicyclic) bond motifs is 1. The van der Waals surface area contributed by atoms with Gasteiger partial charge in [0.2, 0.25) is 0 Å². The van der Waals surface area contributed by atoms with Crippen LogP contribution in [0.3, 0.4) is 0 Å². The maximum Gasteiger partial charge on any atom is 0.168 e. The molecule has 0 saturated heterocycles. The molecule has 0 unspecified atom stereocenters. The number of para-hydroxylation sites is 1. The van der Waals surface area contributed by atoms with Gasteiger partial charge in [-0.05, 0) is 37.1 Å². The number of nitrogens with one attached hydrogen (secondary N) is 1. The van der Waals surface area contributed by atoms with Crippen molar-refractivity contribution in [1.82, 2.24) is 19.7 Å². The Bertz CT molecular complexity index is 1070. The van der Waals surface area contributed by atoms with Crippen molar-refractivity contribution in [2.75, 3.05) is 12.4 Å². The van der Waals surface area contributed by atoms with Gasteiger partial charge in [0.05, 0.1) is 24.4 Å². The van der Waals surface area contributed by atoms with Gasteiger partial charge in [-0.2, -0.15) is 5.10 Å². The minimum absolute atomic E-state index is 0.738. The topological polar surface area (TPSA) is 64.9 Å². The Kier molecular flexibility index (Phi) is 4.01. The van der Waals surface area contributed by atoms with Crippen molar-refractivity contribution >= 4 is 22.5 Å². The summed E-state index contributed by atoms with van der Waals surface area (Å²) in [6.45, 7) is 4.15. The second-order valence-electron chi connectivity index (χ2n) is 6.11. The fourth-order valence-corrected chi connectivity index (χ4v) is 3.00. The summed E-state index contributed by atoms with van der Waals surface area (Å²) in [5.74, 6) is 1.51. The van der Waals surface area contributed by atoms with Crippen LogP contribution >= 0.6 is 0 Å². The van der Waals surface area contributed by atoms with Gasteiger partial charge in [0, 0.05) is 11.8 Å². The molecular weight excluding hydrogens is 326 g/mol. The zero-order valence-electron chi connectivity index (χ0n) is 14.9. The number of aromatic nitrogens is 4. The molecule has 0 amide bonds. The first-order valence-corrected chi connectivity index (χ1v) is 8.34. The molecule has 2 heterocycles. The highest BCUT2D eigenvalue weighted by Gasteiger charge is 2.13. The fraction of sp³-hybridized carbons (Fsp3) is 0.150. The van der Waals surface area contributed by atoms with Crippen LogP contribution in [0.1, 0.15) is 11.1 Å². The predicted molar refractivity (Wildman–Crippen MR) is 102 cm³/mol. The highest BCUT2D eigenvalue weighted by atomic mass is 16.5. The van der Waals surface area contributed by atoms with Crippen LogP contribution < -0.4 is 10.1 Å². The molecule has 0 spiro atoms. The van der Waals surface area contributed by atoms with Gasteiger partial charge >= 0.3 is 0 Å². The molecule has 0 bridgehead atoms. The first-order valence-electron chi connectivity index (χ1n) is 8.34. The zero-order valence-corrected chi connectivity index (χ0v) is 14.9. The molecule has 0 saturated carbocycles. The summed E-state index contributed by atoms with van der Waals surface area (Å²) in [6, 6.07) is 13.9. The van der Waals surface area contributed by atoms with E-state index in [2.05, 4.69) is 46.4 Å². The second kappa shape index (κ2) is 6.48. The van der Waals surface area contributed by atoms with E-state index in [-0.39, 0.29) is 0 Å². The predicted octanol–water partition coefficient (Wildman–Crippen LogP) is 4.18. The van der Waals surface area contributed by atoms with E-state index >= 15 is 0 Å². The van der Waals surface area contributed by atoms with E-state index in [9.17, 15) is 0 Å². The van der Waals surface area contributed by atoms with Gasteiger partial charge < -0.3 is 10.1 Å². The molecule has 130 valence electrons.